The second kappa shape index (κ2) is 5.52. The molecule has 1 unspecified atom stereocenters. The molecule has 1 rings (SSSR count). The van der Waals surface area contributed by atoms with Crippen molar-refractivity contribution in [3.05, 3.63) is 29.8 Å². The summed E-state index contributed by atoms with van der Waals surface area (Å²) in [4.78, 5) is 0.172. The molecule has 6 heteroatoms. The third kappa shape index (κ3) is 3.65. The van der Waals surface area contributed by atoms with Crippen LogP contribution in [0, 0.1) is 0 Å². The van der Waals surface area contributed by atoms with Gasteiger partial charge >= 0.3 is 0 Å². The maximum atomic E-state index is 11.6. The molecule has 2 N–H and O–H groups in total. The largest absolute Gasteiger partial charge is 0.377 e. The molecule has 0 aliphatic heterocycles. The Labute approximate surface area is 110 Å². The molecule has 0 spiro atoms. The highest BCUT2D eigenvalue weighted by Gasteiger charge is 2.32. The summed E-state index contributed by atoms with van der Waals surface area (Å²) >= 11 is 0. The van der Waals surface area contributed by atoms with E-state index in [9.17, 15) is 8.42 Å². The van der Waals surface area contributed by atoms with Crippen LogP contribution in [0.15, 0.2) is 29.2 Å². The lowest BCUT2D eigenvalue weighted by atomic mass is 10.2. The first-order valence-corrected chi connectivity index (χ1v) is 11.0. The Morgan fingerprint density at radius 2 is 1.83 bits per heavy atom. The molecule has 102 valence electrons. The molecule has 0 heterocycles. The van der Waals surface area contributed by atoms with Crippen molar-refractivity contribution in [2.75, 3.05) is 6.61 Å². The maximum absolute atomic E-state index is 11.6. The van der Waals surface area contributed by atoms with E-state index < -0.39 is 18.1 Å². The number of rotatable bonds is 5. The zero-order valence-electron chi connectivity index (χ0n) is 11.3. The minimum Gasteiger partial charge on any atom is -0.377 e. The van der Waals surface area contributed by atoms with Gasteiger partial charge in [0.25, 0.3) is 0 Å². The second-order valence-corrected chi connectivity index (χ2v) is 12.1. The molecule has 0 fully saturated rings. The van der Waals surface area contributed by atoms with Crippen molar-refractivity contribution >= 4 is 18.1 Å². The summed E-state index contributed by atoms with van der Waals surface area (Å²) in [5.74, 6) is 0. The summed E-state index contributed by atoms with van der Waals surface area (Å²) in [5, 5.41) is 5.27. The molecule has 0 aliphatic carbocycles. The molecule has 0 bridgehead atoms. The van der Waals surface area contributed by atoms with Crippen molar-refractivity contribution in [3.8, 4) is 0 Å². The van der Waals surface area contributed by atoms with E-state index in [1.54, 1.807) is 12.1 Å². The SMILES string of the molecule is CCOC(c1ccccc1S(N)(=O)=O)[Si](C)(C)C. The standard InChI is InChI=1S/C12H21NO3SSi/c1-5-16-12(18(2,3)4)10-8-6-7-9-11(10)17(13,14)15/h6-9,12H,5H2,1-4H3,(H2,13,14,15). The van der Waals surface area contributed by atoms with Crippen LogP contribution in [0.1, 0.15) is 18.2 Å². The van der Waals surface area contributed by atoms with Gasteiger partial charge in [-0.15, -0.1) is 0 Å². The van der Waals surface area contributed by atoms with E-state index in [1.165, 1.54) is 6.07 Å². The predicted octanol–water partition coefficient (Wildman–Crippen LogP) is 2.29. The van der Waals surface area contributed by atoms with E-state index in [4.69, 9.17) is 9.88 Å². The Morgan fingerprint density at radius 3 is 2.28 bits per heavy atom. The molecule has 1 aromatic carbocycles. The number of benzene rings is 1. The van der Waals surface area contributed by atoms with Crippen LogP contribution >= 0.6 is 0 Å². The van der Waals surface area contributed by atoms with Crippen LogP contribution in [-0.4, -0.2) is 23.1 Å². The van der Waals surface area contributed by atoms with E-state index >= 15 is 0 Å². The Balaban J connectivity index is 3.38. The molecule has 1 atom stereocenters. The van der Waals surface area contributed by atoms with Crippen LogP contribution in [0.4, 0.5) is 0 Å². The molecule has 0 amide bonds. The Morgan fingerprint density at radius 1 is 1.28 bits per heavy atom. The zero-order valence-corrected chi connectivity index (χ0v) is 13.1. The smallest absolute Gasteiger partial charge is 0.238 e. The normalized spacial score (nSPS) is 14.5. The molecular formula is C12H21NO3SSi. The van der Waals surface area contributed by atoms with Crippen molar-refractivity contribution in [3.63, 3.8) is 0 Å². The van der Waals surface area contributed by atoms with Gasteiger partial charge in [0.15, 0.2) is 0 Å². The van der Waals surface area contributed by atoms with Crippen LogP contribution in [-0.2, 0) is 14.8 Å². The third-order valence-electron chi connectivity index (χ3n) is 2.63. The third-order valence-corrected chi connectivity index (χ3v) is 5.66. The lowest BCUT2D eigenvalue weighted by Crippen LogP contribution is -2.34. The maximum Gasteiger partial charge on any atom is 0.238 e. The molecule has 1 aromatic rings. The fraction of sp³-hybridized carbons (Fsp3) is 0.500. The predicted molar refractivity (Wildman–Crippen MR) is 75.5 cm³/mol. The fourth-order valence-electron chi connectivity index (χ4n) is 1.93. The van der Waals surface area contributed by atoms with Gasteiger partial charge in [-0.05, 0) is 18.6 Å². The van der Waals surface area contributed by atoms with Crippen molar-refractivity contribution in [2.24, 2.45) is 5.14 Å². The van der Waals surface area contributed by atoms with E-state index in [0.717, 1.165) is 0 Å². The number of primary sulfonamides is 1. The average Bonchev–Trinajstić information content (AvgIpc) is 2.23. The monoisotopic (exact) mass is 287 g/mol. The van der Waals surface area contributed by atoms with Gasteiger partial charge < -0.3 is 4.74 Å². The minimum atomic E-state index is -3.71. The fourth-order valence-corrected chi connectivity index (χ4v) is 4.66. The van der Waals surface area contributed by atoms with Crippen LogP contribution < -0.4 is 5.14 Å². The number of hydrogen-bond acceptors (Lipinski definition) is 3. The van der Waals surface area contributed by atoms with E-state index in [0.29, 0.717) is 12.2 Å². The molecular weight excluding hydrogens is 266 g/mol. The first kappa shape index (κ1) is 15.4. The quantitative estimate of drug-likeness (QED) is 0.845. The Kier molecular flexibility index (Phi) is 4.71. The van der Waals surface area contributed by atoms with Gasteiger partial charge in [0.2, 0.25) is 10.0 Å². The van der Waals surface area contributed by atoms with Gasteiger partial charge in [0.05, 0.1) is 18.7 Å². The zero-order chi connectivity index (χ0) is 14.0. The van der Waals surface area contributed by atoms with Crippen molar-refractivity contribution in [1.29, 1.82) is 0 Å². The second-order valence-electron chi connectivity index (χ2n) is 5.28. The number of nitrogens with two attached hydrogens (primary N) is 1. The van der Waals surface area contributed by atoms with Crippen LogP contribution in [0.2, 0.25) is 19.6 Å². The van der Waals surface area contributed by atoms with Crippen LogP contribution in [0.5, 0.6) is 0 Å². The van der Waals surface area contributed by atoms with Gasteiger partial charge in [-0.2, -0.15) is 0 Å². The van der Waals surface area contributed by atoms with Crippen LogP contribution in [0.3, 0.4) is 0 Å². The molecule has 18 heavy (non-hydrogen) atoms. The Bertz CT molecular complexity index is 508. The summed E-state index contributed by atoms with van der Waals surface area (Å²) in [6.07, 6.45) is 0. The van der Waals surface area contributed by atoms with Crippen molar-refractivity contribution < 1.29 is 13.2 Å². The lowest BCUT2D eigenvalue weighted by Gasteiger charge is -2.30. The molecule has 0 radical (unpaired) electrons. The van der Waals surface area contributed by atoms with E-state index in [-0.39, 0.29) is 10.6 Å². The molecule has 0 aliphatic rings. The molecule has 0 aromatic heterocycles. The summed E-state index contributed by atoms with van der Waals surface area (Å²) in [6.45, 7) is 8.90. The van der Waals surface area contributed by atoms with Gasteiger partial charge in [-0.25, -0.2) is 13.6 Å². The van der Waals surface area contributed by atoms with Gasteiger partial charge in [-0.1, -0.05) is 37.8 Å². The van der Waals surface area contributed by atoms with E-state index in [2.05, 4.69) is 19.6 Å². The highest BCUT2D eigenvalue weighted by atomic mass is 32.2. The summed E-state index contributed by atoms with van der Waals surface area (Å²) in [5.41, 5.74) is 0.512. The number of sulfonamides is 1. The average molecular weight is 287 g/mol. The summed E-state index contributed by atoms with van der Waals surface area (Å²) in [6, 6.07) is 6.82. The van der Waals surface area contributed by atoms with Gasteiger partial charge in [0.1, 0.15) is 0 Å². The topological polar surface area (TPSA) is 69.4 Å². The number of ether oxygens (including phenoxy) is 1. The van der Waals surface area contributed by atoms with Crippen molar-refractivity contribution in [1.82, 2.24) is 0 Å². The highest BCUT2D eigenvalue weighted by Crippen LogP contribution is 2.32. The highest BCUT2D eigenvalue weighted by molar-refractivity contribution is 7.89. The molecule has 4 nitrogen and oxygen atoms in total. The lowest BCUT2D eigenvalue weighted by molar-refractivity contribution is 0.110. The number of hydrogen-bond donors (Lipinski definition) is 1. The van der Waals surface area contributed by atoms with E-state index in [1.807, 2.05) is 13.0 Å². The van der Waals surface area contributed by atoms with Gasteiger partial charge in [0, 0.05) is 6.61 Å². The van der Waals surface area contributed by atoms with Crippen LogP contribution in [0.25, 0.3) is 0 Å². The molecule has 0 saturated carbocycles. The first-order chi connectivity index (χ1) is 8.18. The Hall–Kier alpha value is -0.693. The van der Waals surface area contributed by atoms with Gasteiger partial charge in [-0.3, -0.25) is 0 Å². The summed E-state index contributed by atoms with van der Waals surface area (Å²) in [7, 11) is -5.42. The molecule has 0 saturated heterocycles. The summed E-state index contributed by atoms with van der Waals surface area (Å²) < 4.78 is 29.0. The minimum absolute atomic E-state index is 0.169. The first-order valence-electron chi connectivity index (χ1n) is 5.91. The van der Waals surface area contributed by atoms with Crippen molar-refractivity contribution in [2.45, 2.75) is 37.2 Å².